The number of rotatable bonds is 4. The molecular weight excluding hydrogens is 320 g/mol. The summed E-state index contributed by atoms with van der Waals surface area (Å²) in [6.07, 6.45) is 5.64. The Bertz CT molecular complexity index is 893. The molecule has 2 aromatic heterocycles. The molecule has 0 aliphatic heterocycles. The molecule has 1 fully saturated rings. The van der Waals surface area contributed by atoms with Crippen LogP contribution in [0.5, 0.6) is 0 Å². The highest BCUT2D eigenvalue weighted by Crippen LogP contribution is 2.45. The van der Waals surface area contributed by atoms with Crippen molar-refractivity contribution < 1.29 is 4.79 Å². The molecule has 0 spiro atoms. The monoisotopic (exact) mass is 338 g/mol. The third kappa shape index (κ3) is 2.63. The highest BCUT2D eigenvalue weighted by molar-refractivity contribution is 7.17. The predicted octanol–water partition coefficient (Wildman–Crippen LogP) is 3.27. The molecule has 3 aromatic rings. The van der Waals surface area contributed by atoms with Crippen LogP contribution in [0.4, 0.5) is 0 Å². The first-order chi connectivity index (χ1) is 11.6. The second-order valence-corrected chi connectivity index (χ2v) is 7.24. The van der Waals surface area contributed by atoms with Crippen molar-refractivity contribution in [1.29, 1.82) is 0 Å². The molecule has 0 radical (unpaired) electrons. The first kappa shape index (κ1) is 15.1. The zero-order valence-electron chi connectivity index (χ0n) is 13.6. The summed E-state index contributed by atoms with van der Waals surface area (Å²) in [5.41, 5.74) is 2.67. The zero-order chi connectivity index (χ0) is 16.7. The molecule has 0 atom stereocenters. The van der Waals surface area contributed by atoms with Gasteiger partial charge >= 0.3 is 0 Å². The van der Waals surface area contributed by atoms with E-state index in [4.69, 9.17) is 0 Å². The van der Waals surface area contributed by atoms with E-state index in [0.717, 1.165) is 29.1 Å². The number of hydrogen-bond acceptors (Lipinski definition) is 4. The smallest absolute Gasteiger partial charge is 0.263 e. The Morgan fingerprint density at radius 3 is 2.67 bits per heavy atom. The fourth-order valence-electron chi connectivity index (χ4n) is 2.90. The molecule has 0 bridgehead atoms. The topological polar surface area (TPSA) is 59.8 Å². The van der Waals surface area contributed by atoms with Gasteiger partial charge in [-0.25, -0.2) is 4.98 Å². The van der Waals surface area contributed by atoms with Gasteiger partial charge < -0.3 is 5.32 Å². The molecule has 1 aliphatic rings. The Kier molecular flexibility index (Phi) is 3.49. The van der Waals surface area contributed by atoms with Gasteiger partial charge in [-0.05, 0) is 25.3 Å². The Morgan fingerprint density at radius 2 is 2.04 bits per heavy atom. The van der Waals surface area contributed by atoms with Crippen LogP contribution in [0.15, 0.2) is 42.7 Å². The van der Waals surface area contributed by atoms with Gasteiger partial charge in [0.15, 0.2) is 0 Å². The van der Waals surface area contributed by atoms with Crippen LogP contribution < -0.4 is 5.32 Å². The lowest BCUT2D eigenvalue weighted by molar-refractivity contribution is 0.0934. The van der Waals surface area contributed by atoms with Crippen LogP contribution in [-0.4, -0.2) is 20.7 Å². The molecule has 0 unspecified atom stereocenters. The molecule has 122 valence electrons. The van der Waals surface area contributed by atoms with Crippen molar-refractivity contribution in [2.75, 3.05) is 0 Å². The Labute approximate surface area is 144 Å². The maximum absolute atomic E-state index is 12.8. The van der Waals surface area contributed by atoms with E-state index >= 15 is 0 Å². The van der Waals surface area contributed by atoms with E-state index in [-0.39, 0.29) is 11.4 Å². The molecule has 1 N–H and O–H groups in total. The molecule has 1 aliphatic carbocycles. The summed E-state index contributed by atoms with van der Waals surface area (Å²) in [6.45, 7) is 1.88. The highest BCUT2D eigenvalue weighted by atomic mass is 32.1. The van der Waals surface area contributed by atoms with Crippen molar-refractivity contribution in [1.82, 2.24) is 20.1 Å². The summed E-state index contributed by atoms with van der Waals surface area (Å²) in [5, 5.41) is 8.22. The standard InChI is InChI=1S/C18H18N4OS/c1-12-15(24-17(20-12)13-10-19-22(2)11-13)16(23)21-18(8-9-18)14-6-4-3-5-7-14/h3-7,10-11H,8-9H2,1-2H3,(H,21,23). The van der Waals surface area contributed by atoms with Crippen molar-refractivity contribution in [3.63, 3.8) is 0 Å². The van der Waals surface area contributed by atoms with E-state index in [1.807, 2.05) is 38.4 Å². The van der Waals surface area contributed by atoms with Gasteiger partial charge in [0.1, 0.15) is 9.88 Å². The van der Waals surface area contributed by atoms with Gasteiger partial charge in [0.2, 0.25) is 0 Å². The fourth-order valence-corrected chi connectivity index (χ4v) is 3.84. The average molecular weight is 338 g/mol. The third-order valence-corrected chi connectivity index (χ3v) is 5.59. The number of carbonyl (C=O) groups is 1. The van der Waals surface area contributed by atoms with E-state index in [9.17, 15) is 4.79 Å². The van der Waals surface area contributed by atoms with E-state index in [2.05, 4.69) is 27.5 Å². The van der Waals surface area contributed by atoms with Gasteiger partial charge in [0, 0.05) is 18.8 Å². The van der Waals surface area contributed by atoms with Crippen molar-refractivity contribution in [3.8, 4) is 10.6 Å². The molecular formula is C18H18N4OS. The number of aryl methyl sites for hydroxylation is 2. The average Bonchev–Trinajstić information content (AvgIpc) is 3.05. The van der Waals surface area contributed by atoms with Crippen LogP contribution in [-0.2, 0) is 12.6 Å². The van der Waals surface area contributed by atoms with Gasteiger partial charge in [-0.2, -0.15) is 5.10 Å². The lowest BCUT2D eigenvalue weighted by atomic mass is 10.1. The van der Waals surface area contributed by atoms with E-state index in [1.165, 1.54) is 16.9 Å². The number of aromatic nitrogens is 3. The number of benzene rings is 1. The van der Waals surface area contributed by atoms with Crippen LogP contribution in [0.1, 0.15) is 33.8 Å². The lowest BCUT2D eigenvalue weighted by Crippen LogP contribution is -2.34. The SMILES string of the molecule is Cc1nc(-c2cnn(C)c2)sc1C(=O)NC1(c2ccccc2)CC1. The van der Waals surface area contributed by atoms with E-state index in [1.54, 1.807) is 10.9 Å². The Balaban J connectivity index is 1.58. The van der Waals surface area contributed by atoms with Gasteiger partial charge in [-0.3, -0.25) is 9.48 Å². The van der Waals surface area contributed by atoms with E-state index < -0.39 is 0 Å². The number of nitrogens with zero attached hydrogens (tertiary/aromatic N) is 3. The quantitative estimate of drug-likeness (QED) is 0.794. The molecule has 1 aromatic carbocycles. The summed E-state index contributed by atoms with van der Waals surface area (Å²) in [6, 6.07) is 10.2. The van der Waals surface area contributed by atoms with Crippen LogP contribution >= 0.6 is 11.3 Å². The highest BCUT2D eigenvalue weighted by Gasteiger charge is 2.46. The number of thiazole rings is 1. The molecule has 1 saturated carbocycles. The molecule has 24 heavy (non-hydrogen) atoms. The molecule has 4 rings (SSSR count). The maximum atomic E-state index is 12.8. The van der Waals surface area contributed by atoms with Crippen molar-refractivity contribution in [3.05, 3.63) is 58.9 Å². The molecule has 1 amide bonds. The second-order valence-electron chi connectivity index (χ2n) is 6.24. The van der Waals surface area contributed by atoms with Gasteiger partial charge in [0.05, 0.1) is 17.4 Å². The molecule has 2 heterocycles. The summed E-state index contributed by atoms with van der Waals surface area (Å²) >= 11 is 1.42. The van der Waals surface area contributed by atoms with E-state index in [0.29, 0.717) is 4.88 Å². The van der Waals surface area contributed by atoms with Gasteiger partial charge in [0.25, 0.3) is 5.91 Å². The minimum Gasteiger partial charge on any atom is -0.342 e. The molecule has 5 nitrogen and oxygen atoms in total. The summed E-state index contributed by atoms with van der Waals surface area (Å²) in [7, 11) is 1.87. The van der Waals surface area contributed by atoms with Crippen LogP contribution in [0.3, 0.4) is 0 Å². The van der Waals surface area contributed by atoms with Crippen molar-refractivity contribution >= 4 is 17.2 Å². The fraction of sp³-hybridized carbons (Fsp3) is 0.278. The number of hydrogen-bond donors (Lipinski definition) is 1. The summed E-state index contributed by atoms with van der Waals surface area (Å²) < 4.78 is 1.74. The first-order valence-corrected chi connectivity index (χ1v) is 8.73. The van der Waals surface area contributed by atoms with Crippen molar-refractivity contribution in [2.45, 2.75) is 25.3 Å². The number of amides is 1. The summed E-state index contributed by atoms with van der Waals surface area (Å²) in [4.78, 5) is 18.0. The van der Waals surface area contributed by atoms with Crippen molar-refractivity contribution in [2.24, 2.45) is 7.05 Å². The molecule has 6 heteroatoms. The number of nitrogens with one attached hydrogen (secondary N) is 1. The Hall–Kier alpha value is -2.47. The lowest BCUT2D eigenvalue weighted by Gasteiger charge is -2.17. The normalized spacial score (nSPS) is 15.2. The van der Waals surface area contributed by atoms with Crippen LogP contribution in [0.2, 0.25) is 0 Å². The van der Waals surface area contributed by atoms with Crippen LogP contribution in [0.25, 0.3) is 10.6 Å². The molecule has 0 saturated heterocycles. The van der Waals surface area contributed by atoms with Gasteiger partial charge in [-0.1, -0.05) is 30.3 Å². The first-order valence-electron chi connectivity index (χ1n) is 7.92. The second kappa shape index (κ2) is 5.56. The zero-order valence-corrected chi connectivity index (χ0v) is 14.4. The van der Waals surface area contributed by atoms with Crippen LogP contribution in [0, 0.1) is 6.92 Å². The number of carbonyl (C=O) groups excluding carboxylic acids is 1. The maximum Gasteiger partial charge on any atom is 0.263 e. The largest absolute Gasteiger partial charge is 0.342 e. The van der Waals surface area contributed by atoms with Gasteiger partial charge in [-0.15, -0.1) is 11.3 Å². The minimum absolute atomic E-state index is 0.0403. The minimum atomic E-state index is -0.205. The third-order valence-electron chi connectivity index (χ3n) is 4.38. The Morgan fingerprint density at radius 1 is 1.29 bits per heavy atom. The summed E-state index contributed by atoms with van der Waals surface area (Å²) in [5.74, 6) is -0.0403. The predicted molar refractivity (Wildman–Crippen MR) is 93.9 cm³/mol.